The molecule has 0 spiro atoms. The molecule has 0 aliphatic heterocycles. The summed E-state index contributed by atoms with van der Waals surface area (Å²) in [5, 5.41) is 31.5. The van der Waals surface area contributed by atoms with Gasteiger partial charge in [0.1, 0.15) is 17.4 Å². The standard InChI is InChI=1S/C16H12N4O2S/c17-9-11(16-18-12-5-1-2-6-13(12)19-16)14(21)10-23-15-7-3-4-8-20(15)22/h1-8,21H,10H2,(H,18,19). The third-order valence-corrected chi connectivity index (χ3v) is 4.20. The van der Waals surface area contributed by atoms with Gasteiger partial charge in [-0.25, -0.2) is 4.98 Å². The summed E-state index contributed by atoms with van der Waals surface area (Å²) in [6, 6.07) is 14.4. The number of H-pyrrole nitrogens is 1. The monoisotopic (exact) mass is 324 g/mol. The van der Waals surface area contributed by atoms with E-state index in [0.717, 1.165) is 22.8 Å². The van der Waals surface area contributed by atoms with Gasteiger partial charge in [0.25, 0.3) is 5.03 Å². The molecule has 7 heteroatoms. The molecule has 3 rings (SSSR count). The molecule has 0 amide bonds. The normalized spacial score (nSPS) is 12.0. The van der Waals surface area contributed by atoms with E-state index >= 15 is 0 Å². The number of aromatic amines is 1. The number of aromatic nitrogens is 3. The Hall–Kier alpha value is -2.98. The van der Waals surface area contributed by atoms with E-state index < -0.39 is 0 Å². The lowest BCUT2D eigenvalue weighted by atomic mass is 10.2. The smallest absolute Gasteiger partial charge is 0.251 e. The number of nitrogens with zero attached hydrogens (tertiary/aromatic N) is 3. The molecule has 0 aliphatic rings. The number of rotatable bonds is 4. The van der Waals surface area contributed by atoms with Gasteiger partial charge in [-0.3, -0.25) is 0 Å². The van der Waals surface area contributed by atoms with Gasteiger partial charge < -0.3 is 15.3 Å². The molecule has 0 fully saturated rings. The lowest BCUT2D eigenvalue weighted by Gasteiger charge is -2.04. The van der Waals surface area contributed by atoms with E-state index in [1.807, 2.05) is 30.3 Å². The van der Waals surface area contributed by atoms with E-state index in [9.17, 15) is 15.6 Å². The number of para-hydroxylation sites is 2. The van der Waals surface area contributed by atoms with Crippen molar-refractivity contribution < 1.29 is 9.84 Å². The molecular formula is C16H12N4O2S. The number of allylic oxidation sites excluding steroid dienone is 1. The maximum Gasteiger partial charge on any atom is 0.251 e. The van der Waals surface area contributed by atoms with Crippen LogP contribution in [0.2, 0.25) is 0 Å². The highest BCUT2D eigenvalue weighted by Gasteiger charge is 2.15. The lowest BCUT2D eigenvalue weighted by molar-refractivity contribution is -0.645. The first kappa shape index (κ1) is 14.9. The zero-order chi connectivity index (χ0) is 16.2. The summed E-state index contributed by atoms with van der Waals surface area (Å²) < 4.78 is 0.713. The van der Waals surface area contributed by atoms with Gasteiger partial charge in [0.15, 0.2) is 12.0 Å². The minimum Gasteiger partial charge on any atom is -0.618 e. The fraction of sp³-hybridized carbons (Fsp3) is 0.0625. The Labute approximate surface area is 136 Å². The van der Waals surface area contributed by atoms with Crippen LogP contribution in [0.25, 0.3) is 16.6 Å². The van der Waals surface area contributed by atoms with Crippen molar-refractivity contribution in [2.24, 2.45) is 0 Å². The molecule has 3 aromatic rings. The van der Waals surface area contributed by atoms with Gasteiger partial charge in [0.05, 0.1) is 16.8 Å². The average molecular weight is 324 g/mol. The molecule has 23 heavy (non-hydrogen) atoms. The van der Waals surface area contributed by atoms with Crippen molar-refractivity contribution >= 4 is 28.4 Å². The van der Waals surface area contributed by atoms with Crippen LogP contribution < -0.4 is 4.73 Å². The molecule has 0 radical (unpaired) electrons. The van der Waals surface area contributed by atoms with Crippen LogP contribution in [0, 0.1) is 16.5 Å². The van der Waals surface area contributed by atoms with E-state index in [2.05, 4.69) is 9.97 Å². The highest BCUT2D eigenvalue weighted by Crippen LogP contribution is 2.22. The first-order chi connectivity index (χ1) is 11.2. The van der Waals surface area contributed by atoms with Gasteiger partial charge in [-0.15, -0.1) is 0 Å². The molecule has 0 aliphatic carbocycles. The van der Waals surface area contributed by atoms with Crippen LogP contribution in [0.4, 0.5) is 0 Å². The van der Waals surface area contributed by atoms with E-state index in [-0.39, 0.29) is 17.1 Å². The molecule has 1 aromatic carbocycles. The van der Waals surface area contributed by atoms with Crippen LogP contribution in [0.3, 0.4) is 0 Å². The quantitative estimate of drug-likeness (QED) is 0.253. The molecule has 6 nitrogen and oxygen atoms in total. The number of hydrogen-bond acceptors (Lipinski definition) is 5. The maximum absolute atomic E-state index is 11.6. The summed E-state index contributed by atoms with van der Waals surface area (Å²) in [5.41, 5.74) is 1.58. The van der Waals surface area contributed by atoms with E-state index in [4.69, 9.17) is 0 Å². The highest BCUT2D eigenvalue weighted by atomic mass is 32.2. The Bertz CT molecular complexity index is 894. The number of pyridine rings is 1. The second-order valence-corrected chi connectivity index (χ2v) is 5.69. The minimum atomic E-state index is -0.125. The lowest BCUT2D eigenvalue weighted by Crippen LogP contribution is -2.27. The summed E-state index contributed by atoms with van der Waals surface area (Å²) >= 11 is 1.15. The van der Waals surface area contributed by atoms with Gasteiger partial charge in [-0.2, -0.15) is 9.99 Å². The Morgan fingerprint density at radius 3 is 2.83 bits per heavy atom. The van der Waals surface area contributed by atoms with Crippen LogP contribution >= 0.6 is 11.8 Å². The summed E-state index contributed by atoms with van der Waals surface area (Å²) in [5.74, 6) is 0.293. The van der Waals surface area contributed by atoms with Crippen molar-refractivity contribution in [1.82, 2.24) is 9.97 Å². The molecule has 0 saturated heterocycles. The topological polar surface area (TPSA) is 99.6 Å². The van der Waals surface area contributed by atoms with Crippen LogP contribution in [-0.2, 0) is 0 Å². The molecule has 0 saturated carbocycles. The molecule has 2 heterocycles. The minimum absolute atomic E-state index is 0.0714. The summed E-state index contributed by atoms with van der Waals surface area (Å²) in [6.45, 7) is 0. The van der Waals surface area contributed by atoms with Gasteiger partial charge in [-0.05, 0) is 30.0 Å². The Kier molecular flexibility index (Phi) is 4.17. The number of nitriles is 1. The largest absolute Gasteiger partial charge is 0.618 e. The SMILES string of the molecule is N#CC(=C(O)CSc1cccc[n+]1[O-])c1nc2ccccc2[nH]1. The number of imidazole rings is 1. The van der Waals surface area contributed by atoms with Gasteiger partial charge >= 0.3 is 0 Å². The average Bonchev–Trinajstić information content (AvgIpc) is 2.98. The van der Waals surface area contributed by atoms with Crippen LogP contribution in [0.1, 0.15) is 5.82 Å². The highest BCUT2D eigenvalue weighted by molar-refractivity contribution is 7.99. The maximum atomic E-state index is 11.6. The third kappa shape index (κ3) is 3.12. The molecule has 2 aromatic heterocycles. The van der Waals surface area contributed by atoms with Gasteiger partial charge in [0, 0.05) is 12.1 Å². The second kappa shape index (κ2) is 6.42. The summed E-state index contributed by atoms with van der Waals surface area (Å²) in [7, 11) is 0. The number of aliphatic hydroxyl groups excluding tert-OH is 1. The molecule has 0 atom stereocenters. The molecule has 114 valence electrons. The fourth-order valence-corrected chi connectivity index (χ4v) is 2.86. The predicted molar refractivity (Wildman–Crippen MR) is 87.4 cm³/mol. The Balaban J connectivity index is 1.87. The van der Waals surface area contributed by atoms with Crippen molar-refractivity contribution in [2.45, 2.75) is 5.03 Å². The second-order valence-electron chi connectivity index (χ2n) is 4.69. The Morgan fingerprint density at radius 1 is 1.30 bits per heavy atom. The van der Waals surface area contributed by atoms with Crippen molar-refractivity contribution in [3.8, 4) is 6.07 Å². The van der Waals surface area contributed by atoms with Crippen molar-refractivity contribution in [3.05, 3.63) is 65.5 Å². The number of fused-ring (bicyclic) bond motifs is 1. The van der Waals surface area contributed by atoms with E-state index in [1.54, 1.807) is 18.2 Å². The number of benzene rings is 1. The van der Waals surface area contributed by atoms with E-state index in [0.29, 0.717) is 15.6 Å². The van der Waals surface area contributed by atoms with Crippen molar-refractivity contribution in [2.75, 3.05) is 5.75 Å². The van der Waals surface area contributed by atoms with E-state index in [1.165, 1.54) is 6.20 Å². The van der Waals surface area contributed by atoms with Crippen LogP contribution in [0.15, 0.2) is 59.4 Å². The van der Waals surface area contributed by atoms with Crippen LogP contribution in [-0.4, -0.2) is 20.8 Å². The zero-order valence-electron chi connectivity index (χ0n) is 11.9. The molecule has 0 unspecified atom stereocenters. The predicted octanol–water partition coefficient (Wildman–Crippen LogP) is 2.78. The first-order valence-corrected chi connectivity index (χ1v) is 7.76. The fourth-order valence-electron chi connectivity index (χ4n) is 2.06. The van der Waals surface area contributed by atoms with Crippen molar-refractivity contribution in [3.63, 3.8) is 0 Å². The van der Waals surface area contributed by atoms with Crippen LogP contribution in [0.5, 0.6) is 0 Å². The zero-order valence-corrected chi connectivity index (χ0v) is 12.7. The molecule has 2 N–H and O–H groups in total. The Morgan fingerprint density at radius 2 is 2.09 bits per heavy atom. The summed E-state index contributed by atoms with van der Waals surface area (Å²) in [6.07, 6.45) is 1.38. The number of hydrogen-bond donors (Lipinski definition) is 2. The van der Waals surface area contributed by atoms with Gasteiger partial charge in [0.2, 0.25) is 0 Å². The van der Waals surface area contributed by atoms with Crippen molar-refractivity contribution in [1.29, 1.82) is 5.26 Å². The van der Waals surface area contributed by atoms with Gasteiger partial charge in [-0.1, -0.05) is 12.1 Å². The summed E-state index contributed by atoms with van der Waals surface area (Å²) in [4.78, 5) is 7.31. The third-order valence-electron chi connectivity index (χ3n) is 3.17. The number of aliphatic hydroxyl groups is 1. The number of thioether (sulfide) groups is 1. The molecular weight excluding hydrogens is 312 g/mol. The number of nitrogens with one attached hydrogen (secondary N) is 1. The molecule has 0 bridgehead atoms. The first-order valence-electron chi connectivity index (χ1n) is 6.77.